The number of ether oxygens (including phenoxy) is 2. The van der Waals surface area contributed by atoms with Crippen LogP contribution in [0.5, 0.6) is 11.5 Å². The van der Waals surface area contributed by atoms with Crippen molar-refractivity contribution in [3.63, 3.8) is 0 Å². The number of hydrogen-bond donors (Lipinski definition) is 1. The molecule has 0 unspecified atom stereocenters. The average molecular weight is 354 g/mol. The summed E-state index contributed by atoms with van der Waals surface area (Å²) in [5.41, 5.74) is 3.25. The van der Waals surface area contributed by atoms with Gasteiger partial charge in [0.05, 0.1) is 32.0 Å². The van der Waals surface area contributed by atoms with Crippen molar-refractivity contribution in [3.05, 3.63) is 47.5 Å². The number of rotatable bonds is 5. The van der Waals surface area contributed by atoms with Crippen LogP contribution in [-0.4, -0.2) is 32.1 Å². The monoisotopic (exact) mass is 354 g/mol. The smallest absolute Gasteiger partial charge is 0.256 e. The Morgan fingerprint density at radius 2 is 1.85 bits per heavy atom. The van der Waals surface area contributed by atoms with Crippen molar-refractivity contribution < 1.29 is 19.1 Å². The zero-order chi connectivity index (χ0) is 18.8. The molecule has 0 bridgehead atoms. The van der Waals surface area contributed by atoms with E-state index in [0.29, 0.717) is 22.9 Å². The first-order chi connectivity index (χ1) is 12.5. The first-order valence-electron chi connectivity index (χ1n) is 8.38. The van der Waals surface area contributed by atoms with E-state index >= 15 is 0 Å². The Bertz CT molecular complexity index is 863. The Morgan fingerprint density at radius 3 is 2.54 bits per heavy atom. The Labute approximate surface area is 152 Å². The van der Waals surface area contributed by atoms with Gasteiger partial charge >= 0.3 is 0 Å². The van der Waals surface area contributed by atoms with Crippen LogP contribution in [0.15, 0.2) is 36.4 Å². The molecule has 1 heterocycles. The molecule has 1 fully saturated rings. The lowest BCUT2D eigenvalue weighted by atomic mass is 10.1. The molecule has 1 atom stereocenters. The minimum Gasteiger partial charge on any atom is -0.497 e. The van der Waals surface area contributed by atoms with Gasteiger partial charge < -0.3 is 14.8 Å². The quantitative estimate of drug-likeness (QED) is 0.836. The van der Waals surface area contributed by atoms with Gasteiger partial charge in [-0.05, 0) is 43.2 Å². The molecule has 1 aliphatic rings. The van der Waals surface area contributed by atoms with Crippen molar-refractivity contribution in [2.24, 2.45) is 0 Å². The van der Waals surface area contributed by atoms with Crippen LogP contribution in [0.4, 0.5) is 11.4 Å². The van der Waals surface area contributed by atoms with E-state index in [4.69, 9.17) is 9.47 Å². The highest BCUT2D eigenvalue weighted by Crippen LogP contribution is 2.33. The number of amides is 2. The van der Waals surface area contributed by atoms with Gasteiger partial charge in [-0.3, -0.25) is 9.59 Å². The van der Waals surface area contributed by atoms with Crippen molar-refractivity contribution in [1.29, 1.82) is 0 Å². The van der Waals surface area contributed by atoms with Gasteiger partial charge in [0.25, 0.3) is 5.91 Å². The molecule has 1 saturated heterocycles. The largest absolute Gasteiger partial charge is 0.497 e. The summed E-state index contributed by atoms with van der Waals surface area (Å²) < 4.78 is 10.5. The molecule has 0 radical (unpaired) electrons. The molecule has 0 aliphatic carbocycles. The van der Waals surface area contributed by atoms with Gasteiger partial charge in [-0.1, -0.05) is 12.1 Å². The highest BCUT2D eigenvalue weighted by molar-refractivity contribution is 6.23. The number of anilines is 2. The second-order valence-corrected chi connectivity index (χ2v) is 6.25. The molecule has 6 heteroatoms. The zero-order valence-corrected chi connectivity index (χ0v) is 15.3. The van der Waals surface area contributed by atoms with Gasteiger partial charge in [0.1, 0.15) is 17.5 Å². The number of nitrogens with zero attached hydrogens (tertiary/aromatic N) is 1. The van der Waals surface area contributed by atoms with Crippen molar-refractivity contribution in [2.45, 2.75) is 26.3 Å². The fraction of sp³-hybridized carbons (Fsp3) is 0.300. The van der Waals surface area contributed by atoms with Gasteiger partial charge in [0, 0.05) is 6.07 Å². The molecule has 26 heavy (non-hydrogen) atoms. The molecule has 1 aliphatic heterocycles. The minimum atomic E-state index is -0.635. The number of imide groups is 1. The molecular formula is C20H22N2O4. The summed E-state index contributed by atoms with van der Waals surface area (Å²) in [6.45, 7) is 3.88. The predicted molar refractivity (Wildman–Crippen MR) is 100.0 cm³/mol. The second kappa shape index (κ2) is 7.07. The van der Waals surface area contributed by atoms with Gasteiger partial charge in [-0.25, -0.2) is 4.90 Å². The standard InChI is InChI=1S/C20H22N2O4/c1-12-6-5-7-17(13(12)2)22-19(23)11-16(20(22)24)21-15-9-8-14(25-3)10-18(15)26-4/h5-10,16,21H,11H2,1-4H3/t16-/m1/s1. The van der Waals surface area contributed by atoms with Crippen molar-refractivity contribution in [3.8, 4) is 11.5 Å². The summed E-state index contributed by atoms with van der Waals surface area (Å²) in [4.78, 5) is 26.7. The van der Waals surface area contributed by atoms with Crippen molar-refractivity contribution in [2.75, 3.05) is 24.4 Å². The summed E-state index contributed by atoms with van der Waals surface area (Å²) in [5, 5.41) is 3.13. The van der Waals surface area contributed by atoms with Crippen LogP contribution in [0.2, 0.25) is 0 Å². The van der Waals surface area contributed by atoms with Gasteiger partial charge in [0.15, 0.2) is 0 Å². The lowest BCUT2D eigenvalue weighted by molar-refractivity contribution is -0.121. The summed E-state index contributed by atoms with van der Waals surface area (Å²) in [5.74, 6) is 0.725. The molecule has 6 nitrogen and oxygen atoms in total. The van der Waals surface area contributed by atoms with E-state index < -0.39 is 6.04 Å². The molecule has 2 amide bonds. The predicted octanol–water partition coefficient (Wildman–Crippen LogP) is 3.06. The lowest BCUT2D eigenvalue weighted by Crippen LogP contribution is -2.35. The number of aryl methyl sites for hydroxylation is 1. The van der Waals surface area contributed by atoms with Crippen LogP contribution in [0, 0.1) is 13.8 Å². The third kappa shape index (κ3) is 3.10. The van der Waals surface area contributed by atoms with Gasteiger partial charge in [0.2, 0.25) is 5.91 Å². The molecule has 136 valence electrons. The van der Waals surface area contributed by atoms with E-state index in [1.54, 1.807) is 38.5 Å². The van der Waals surface area contributed by atoms with E-state index in [2.05, 4.69) is 5.32 Å². The molecule has 2 aromatic carbocycles. The first kappa shape index (κ1) is 17.8. The Kier molecular flexibility index (Phi) is 4.84. The van der Waals surface area contributed by atoms with E-state index in [0.717, 1.165) is 11.1 Å². The number of carbonyl (C=O) groups excluding carboxylic acids is 2. The second-order valence-electron chi connectivity index (χ2n) is 6.25. The fourth-order valence-corrected chi connectivity index (χ4v) is 3.08. The number of hydrogen-bond acceptors (Lipinski definition) is 5. The average Bonchev–Trinajstić information content (AvgIpc) is 2.91. The lowest BCUT2D eigenvalue weighted by Gasteiger charge is -2.20. The topological polar surface area (TPSA) is 67.9 Å². The Morgan fingerprint density at radius 1 is 1.08 bits per heavy atom. The Balaban J connectivity index is 1.87. The summed E-state index contributed by atoms with van der Waals surface area (Å²) in [6.07, 6.45) is 0.0986. The molecule has 0 spiro atoms. The zero-order valence-electron chi connectivity index (χ0n) is 15.3. The number of carbonyl (C=O) groups is 2. The fourth-order valence-electron chi connectivity index (χ4n) is 3.08. The number of benzene rings is 2. The van der Waals surface area contributed by atoms with Crippen molar-refractivity contribution >= 4 is 23.2 Å². The van der Waals surface area contributed by atoms with E-state index in [1.165, 1.54) is 4.90 Å². The highest BCUT2D eigenvalue weighted by atomic mass is 16.5. The maximum Gasteiger partial charge on any atom is 0.256 e. The molecule has 0 aromatic heterocycles. The van der Waals surface area contributed by atoms with E-state index in [1.807, 2.05) is 26.0 Å². The number of nitrogens with one attached hydrogen (secondary N) is 1. The molecule has 3 rings (SSSR count). The van der Waals surface area contributed by atoms with E-state index in [-0.39, 0.29) is 18.2 Å². The summed E-state index contributed by atoms with van der Waals surface area (Å²) in [6, 6.07) is 10.3. The van der Waals surface area contributed by atoms with Crippen LogP contribution in [0.3, 0.4) is 0 Å². The van der Waals surface area contributed by atoms with Gasteiger partial charge in [-0.2, -0.15) is 0 Å². The normalized spacial score (nSPS) is 16.8. The Hall–Kier alpha value is -3.02. The van der Waals surface area contributed by atoms with Crippen LogP contribution in [0.25, 0.3) is 0 Å². The van der Waals surface area contributed by atoms with Crippen LogP contribution >= 0.6 is 0 Å². The van der Waals surface area contributed by atoms with Gasteiger partial charge in [-0.15, -0.1) is 0 Å². The summed E-state index contributed by atoms with van der Waals surface area (Å²) in [7, 11) is 3.12. The molecule has 1 N–H and O–H groups in total. The molecular weight excluding hydrogens is 332 g/mol. The molecule has 2 aromatic rings. The SMILES string of the molecule is COc1ccc(N[C@@H]2CC(=O)N(c3cccc(C)c3C)C2=O)c(OC)c1. The molecule has 0 saturated carbocycles. The maximum atomic E-state index is 12.9. The van der Waals surface area contributed by atoms with E-state index in [9.17, 15) is 9.59 Å². The third-order valence-corrected chi connectivity index (χ3v) is 4.70. The van der Waals surface area contributed by atoms with Crippen LogP contribution in [-0.2, 0) is 9.59 Å². The van der Waals surface area contributed by atoms with Crippen LogP contribution in [0.1, 0.15) is 17.5 Å². The maximum absolute atomic E-state index is 12.9. The summed E-state index contributed by atoms with van der Waals surface area (Å²) >= 11 is 0. The van der Waals surface area contributed by atoms with Crippen LogP contribution < -0.4 is 19.7 Å². The first-order valence-corrected chi connectivity index (χ1v) is 8.38. The third-order valence-electron chi connectivity index (χ3n) is 4.70. The van der Waals surface area contributed by atoms with Crippen molar-refractivity contribution in [1.82, 2.24) is 0 Å². The highest BCUT2D eigenvalue weighted by Gasteiger charge is 2.40. The minimum absolute atomic E-state index is 0.0986. The number of methoxy groups -OCH3 is 2.